The molecule has 0 saturated heterocycles. The van der Waals surface area contributed by atoms with Crippen LogP contribution in [-0.4, -0.2) is 52.6 Å². The third-order valence-corrected chi connectivity index (χ3v) is 3.48. The Balaban J connectivity index is 4.69. The van der Waals surface area contributed by atoms with Crippen LogP contribution in [0.2, 0.25) is 0 Å². The van der Waals surface area contributed by atoms with Crippen molar-refractivity contribution in [2.45, 2.75) is 26.4 Å². The molecule has 0 aliphatic carbocycles. The van der Waals surface area contributed by atoms with Crippen LogP contribution < -0.4 is 0 Å². The lowest BCUT2D eigenvalue weighted by Crippen LogP contribution is -2.37. The van der Waals surface area contributed by atoms with Gasteiger partial charge in [0.1, 0.15) is 0 Å². The van der Waals surface area contributed by atoms with Crippen LogP contribution in [0.5, 0.6) is 0 Å². The maximum absolute atomic E-state index is 11.4. The van der Waals surface area contributed by atoms with Crippen molar-refractivity contribution in [3.63, 3.8) is 0 Å². The van der Waals surface area contributed by atoms with Crippen molar-refractivity contribution in [2.24, 2.45) is 0 Å². The van der Waals surface area contributed by atoms with E-state index in [0.29, 0.717) is 13.1 Å². The molecule has 0 radical (unpaired) electrons. The van der Waals surface area contributed by atoms with E-state index in [1.165, 1.54) is 0 Å². The number of ether oxygens (including phenoxy) is 1. The van der Waals surface area contributed by atoms with Gasteiger partial charge >= 0.3 is 13.6 Å². The highest BCUT2D eigenvalue weighted by Crippen LogP contribution is 2.42. The third-order valence-electron chi connectivity index (χ3n) is 2.29. The molecule has 96 valence electrons. The predicted octanol–water partition coefficient (Wildman–Crippen LogP) is 0.438. The highest BCUT2D eigenvalue weighted by atomic mass is 31.2. The minimum Gasteiger partial charge on any atom is -0.465 e. The second kappa shape index (κ2) is 7.01. The van der Waals surface area contributed by atoms with E-state index in [0.717, 1.165) is 0 Å². The maximum Gasteiger partial charge on any atom is 0.341 e. The minimum atomic E-state index is -4.46. The number of esters is 1. The van der Waals surface area contributed by atoms with E-state index < -0.39 is 19.2 Å². The van der Waals surface area contributed by atoms with E-state index in [1.807, 2.05) is 13.8 Å². The highest BCUT2D eigenvalue weighted by molar-refractivity contribution is 7.53. The summed E-state index contributed by atoms with van der Waals surface area (Å²) in [5, 5.41) is 0. The first-order valence-electron chi connectivity index (χ1n) is 5.30. The summed E-state index contributed by atoms with van der Waals surface area (Å²) in [5.41, 5.74) is -1.38. The van der Waals surface area contributed by atoms with Gasteiger partial charge in [0.15, 0.2) is 5.66 Å². The van der Waals surface area contributed by atoms with Gasteiger partial charge in [-0.15, -0.1) is 0 Å². The van der Waals surface area contributed by atoms with Crippen LogP contribution in [0.15, 0.2) is 0 Å². The molecule has 0 saturated carbocycles. The van der Waals surface area contributed by atoms with Crippen LogP contribution in [0.3, 0.4) is 0 Å². The van der Waals surface area contributed by atoms with Gasteiger partial charge in [0.05, 0.1) is 6.61 Å². The molecule has 0 heterocycles. The van der Waals surface area contributed by atoms with Crippen LogP contribution in [0.4, 0.5) is 0 Å². The largest absolute Gasteiger partial charge is 0.465 e. The fourth-order valence-corrected chi connectivity index (χ4v) is 2.08. The predicted molar refractivity (Wildman–Crippen MR) is 60.3 cm³/mol. The summed E-state index contributed by atoms with van der Waals surface area (Å²) < 4.78 is 15.8. The van der Waals surface area contributed by atoms with Gasteiger partial charge in [-0.25, -0.2) is 0 Å². The number of nitrogens with zero attached hydrogens (tertiary/aromatic N) is 1. The van der Waals surface area contributed by atoms with E-state index >= 15 is 0 Å². The molecule has 0 spiro atoms. The zero-order valence-corrected chi connectivity index (χ0v) is 10.8. The normalized spacial score (nSPS) is 13.9. The van der Waals surface area contributed by atoms with Crippen LogP contribution in [-0.2, 0) is 14.1 Å². The van der Waals surface area contributed by atoms with Gasteiger partial charge in [-0.1, -0.05) is 13.8 Å². The molecule has 2 N–H and O–H groups in total. The summed E-state index contributed by atoms with van der Waals surface area (Å²) >= 11 is 0. The molecule has 0 aromatic rings. The summed E-state index contributed by atoms with van der Waals surface area (Å²) in [4.78, 5) is 31.4. The van der Waals surface area contributed by atoms with E-state index in [2.05, 4.69) is 4.74 Å². The van der Waals surface area contributed by atoms with Gasteiger partial charge < -0.3 is 19.4 Å². The van der Waals surface area contributed by atoms with Gasteiger partial charge in [-0.05, 0) is 20.0 Å². The average Bonchev–Trinajstić information content (AvgIpc) is 2.17. The smallest absolute Gasteiger partial charge is 0.341 e. The minimum absolute atomic E-state index is 0.0239. The molecule has 0 bridgehead atoms. The molecule has 0 fully saturated rings. The van der Waals surface area contributed by atoms with Gasteiger partial charge in [0.2, 0.25) is 0 Å². The summed E-state index contributed by atoms with van der Waals surface area (Å²) in [6.45, 7) is 6.74. The molecule has 0 aliphatic heterocycles. The number of hydrogen-bond donors (Lipinski definition) is 2. The number of carbonyl (C=O) groups excluding carboxylic acids is 1. The highest BCUT2D eigenvalue weighted by Gasteiger charge is 2.37. The van der Waals surface area contributed by atoms with Crippen molar-refractivity contribution in [1.82, 2.24) is 4.90 Å². The summed E-state index contributed by atoms with van der Waals surface area (Å²) in [7, 11) is -4.46. The third kappa shape index (κ3) is 5.07. The molecule has 1 unspecified atom stereocenters. The first-order chi connectivity index (χ1) is 7.36. The van der Waals surface area contributed by atoms with E-state index in [-0.39, 0.29) is 13.2 Å². The molecule has 0 aliphatic rings. The Kier molecular flexibility index (Phi) is 6.83. The van der Waals surface area contributed by atoms with E-state index in [4.69, 9.17) is 9.79 Å². The molecule has 6 nitrogen and oxygen atoms in total. The second-order valence-electron chi connectivity index (χ2n) is 3.34. The molecular formula is C9H20NO5P. The summed E-state index contributed by atoms with van der Waals surface area (Å²) in [6, 6.07) is 0. The van der Waals surface area contributed by atoms with Gasteiger partial charge in [-0.3, -0.25) is 9.36 Å². The SMILES string of the molecule is CCOC(=O)C(CN(CC)CC)P(=O)(O)O. The Bertz CT molecular complexity index is 261. The topological polar surface area (TPSA) is 87.1 Å². The van der Waals surface area contributed by atoms with Crippen molar-refractivity contribution in [3.05, 3.63) is 0 Å². The average molecular weight is 253 g/mol. The van der Waals surface area contributed by atoms with Crippen molar-refractivity contribution in [3.8, 4) is 0 Å². The molecular weight excluding hydrogens is 233 g/mol. The number of carbonyl (C=O) groups is 1. The first kappa shape index (κ1) is 15.6. The Morgan fingerprint density at radius 1 is 1.31 bits per heavy atom. The summed E-state index contributed by atoms with van der Waals surface area (Å²) in [5.74, 6) is -0.831. The lowest BCUT2D eigenvalue weighted by atomic mass is 10.3. The fourth-order valence-electron chi connectivity index (χ4n) is 1.28. The van der Waals surface area contributed by atoms with Crippen LogP contribution >= 0.6 is 7.60 Å². The van der Waals surface area contributed by atoms with Crippen LogP contribution in [0.25, 0.3) is 0 Å². The standard InChI is InChI=1S/C9H20NO5P/c1-4-10(5-2)7-8(16(12,13)14)9(11)15-6-3/h8H,4-7H2,1-3H3,(H2,12,13,14). The quantitative estimate of drug-likeness (QED) is 0.505. The zero-order chi connectivity index (χ0) is 12.8. The van der Waals surface area contributed by atoms with Crippen LogP contribution in [0.1, 0.15) is 20.8 Å². The van der Waals surface area contributed by atoms with E-state index in [9.17, 15) is 9.36 Å². The van der Waals surface area contributed by atoms with Gasteiger partial charge in [0.25, 0.3) is 0 Å². The second-order valence-corrected chi connectivity index (χ2v) is 5.14. The number of hydrogen-bond acceptors (Lipinski definition) is 4. The molecule has 0 rings (SSSR count). The Hall–Kier alpha value is -0.420. The molecule has 1 atom stereocenters. The fraction of sp³-hybridized carbons (Fsp3) is 0.889. The maximum atomic E-state index is 11.4. The van der Waals surface area contributed by atoms with Crippen molar-refractivity contribution in [2.75, 3.05) is 26.2 Å². The van der Waals surface area contributed by atoms with Crippen molar-refractivity contribution in [1.29, 1.82) is 0 Å². The van der Waals surface area contributed by atoms with Gasteiger partial charge in [0, 0.05) is 6.54 Å². The zero-order valence-electron chi connectivity index (χ0n) is 9.92. The molecule has 0 amide bonds. The van der Waals surface area contributed by atoms with Crippen molar-refractivity contribution >= 4 is 13.6 Å². The molecule has 16 heavy (non-hydrogen) atoms. The first-order valence-corrected chi connectivity index (χ1v) is 6.99. The Morgan fingerprint density at radius 2 is 1.81 bits per heavy atom. The molecule has 7 heteroatoms. The Morgan fingerprint density at radius 3 is 2.12 bits per heavy atom. The van der Waals surface area contributed by atoms with E-state index in [1.54, 1.807) is 11.8 Å². The van der Waals surface area contributed by atoms with Gasteiger partial charge in [-0.2, -0.15) is 0 Å². The number of rotatable bonds is 7. The monoisotopic (exact) mass is 253 g/mol. The summed E-state index contributed by atoms with van der Waals surface area (Å²) in [6.07, 6.45) is 0. The van der Waals surface area contributed by atoms with Crippen LogP contribution in [0, 0.1) is 0 Å². The molecule has 0 aromatic carbocycles. The lowest BCUT2D eigenvalue weighted by molar-refractivity contribution is -0.143. The van der Waals surface area contributed by atoms with Crippen molar-refractivity contribution < 1.29 is 23.9 Å². The lowest BCUT2D eigenvalue weighted by Gasteiger charge is -2.24. The molecule has 0 aromatic heterocycles. The Labute approximate surface area is 95.7 Å².